The standard InChI is InChI=1S/C20H29N3O3S.ClH/c24-27(25,22-10-12-26-13-11-22)23-8-3-5-17-15-21-9-7-16-4-1-2-6-18(16)20(21)14-19(17)23;/h1-2,4,6,17,19-20H,3,5,7-15H2;1H/t17-,19+,20-;/m1./s1. The van der Waals surface area contributed by atoms with Gasteiger partial charge in [0, 0.05) is 44.8 Å². The number of hydrogen-bond acceptors (Lipinski definition) is 4. The van der Waals surface area contributed by atoms with Crippen LogP contribution in [0.5, 0.6) is 0 Å². The molecule has 0 saturated carbocycles. The van der Waals surface area contributed by atoms with Gasteiger partial charge in [-0.1, -0.05) is 24.3 Å². The number of hydrogen-bond donors (Lipinski definition) is 0. The Labute approximate surface area is 174 Å². The van der Waals surface area contributed by atoms with Crippen LogP contribution in [-0.4, -0.2) is 73.9 Å². The summed E-state index contributed by atoms with van der Waals surface area (Å²) in [5.74, 6) is 0.455. The van der Waals surface area contributed by atoms with E-state index < -0.39 is 10.2 Å². The third kappa shape index (κ3) is 3.50. The van der Waals surface area contributed by atoms with Crippen molar-refractivity contribution in [1.82, 2.24) is 13.5 Å². The molecular formula is C20H30ClN3O3S. The van der Waals surface area contributed by atoms with Gasteiger partial charge < -0.3 is 4.74 Å². The van der Waals surface area contributed by atoms with Gasteiger partial charge in [0.25, 0.3) is 10.2 Å². The van der Waals surface area contributed by atoms with Crippen molar-refractivity contribution in [2.75, 3.05) is 45.9 Å². The van der Waals surface area contributed by atoms with Crippen LogP contribution in [0.1, 0.15) is 36.4 Å². The molecule has 4 aliphatic heterocycles. The SMILES string of the molecule is Cl.O=S(=O)(N1CCOCC1)N1CCC[C@@H]2CN3CCc4ccccc4[C@H]3C[C@@H]21. The fourth-order valence-electron chi connectivity index (χ4n) is 5.57. The molecule has 1 aromatic carbocycles. The Morgan fingerprint density at radius 2 is 1.82 bits per heavy atom. The Balaban J connectivity index is 0.00000192. The maximum atomic E-state index is 13.4. The Hall–Kier alpha value is -0.700. The van der Waals surface area contributed by atoms with E-state index in [1.54, 1.807) is 4.31 Å². The molecule has 6 nitrogen and oxygen atoms in total. The van der Waals surface area contributed by atoms with E-state index in [0.29, 0.717) is 44.8 Å². The molecule has 0 aliphatic carbocycles. The van der Waals surface area contributed by atoms with Crippen LogP contribution in [0.2, 0.25) is 0 Å². The average Bonchev–Trinajstić information content (AvgIpc) is 2.72. The Kier molecular flexibility index (Phi) is 6.03. The molecule has 0 unspecified atom stereocenters. The normalized spacial score (nSPS) is 31.9. The molecule has 3 fully saturated rings. The lowest BCUT2D eigenvalue weighted by molar-refractivity contribution is 0.0162. The molecule has 28 heavy (non-hydrogen) atoms. The number of rotatable bonds is 2. The number of piperidine rings is 2. The van der Waals surface area contributed by atoms with Crippen LogP contribution in [0.3, 0.4) is 0 Å². The first kappa shape index (κ1) is 20.6. The quantitative estimate of drug-likeness (QED) is 0.725. The fraction of sp³-hybridized carbons (Fsp3) is 0.700. The van der Waals surface area contributed by atoms with Crippen molar-refractivity contribution < 1.29 is 13.2 Å². The monoisotopic (exact) mass is 427 g/mol. The zero-order chi connectivity index (χ0) is 18.4. The van der Waals surface area contributed by atoms with E-state index >= 15 is 0 Å². The first-order chi connectivity index (χ1) is 13.1. The summed E-state index contributed by atoms with van der Waals surface area (Å²) in [5, 5.41) is 0. The molecule has 1 aromatic rings. The maximum Gasteiger partial charge on any atom is 0.282 e. The van der Waals surface area contributed by atoms with E-state index in [1.165, 1.54) is 11.1 Å². The second-order valence-electron chi connectivity index (χ2n) is 8.29. The van der Waals surface area contributed by atoms with Crippen LogP contribution in [-0.2, 0) is 21.4 Å². The summed E-state index contributed by atoms with van der Waals surface area (Å²) in [6.45, 7) is 4.76. The second-order valence-corrected chi connectivity index (χ2v) is 10.2. The summed E-state index contributed by atoms with van der Waals surface area (Å²) in [6.07, 6.45) is 4.15. The van der Waals surface area contributed by atoms with Crippen LogP contribution in [0, 0.1) is 5.92 Å². The molecular weight excluding hydrogens is 398 g/mol. The van der Waals surface area contributed by atoms with Gasteiger partial charge in [0.15, 0.2) is 0 Å². The number of nitrogens with zero attached hydrogens (tertiary/aromatic N) is 3. The zero-order valence-electron chi connectivity index (χ0n) is 16.2. The van der Waals surface area contributed by atoms with Crippen molar-refractivity contribution in [3.8, 4) is 0 Å². The van der Waals surface area contributed by atoms with Crippen LogP contribution in [0.4, 0.5) is 0 Å². The van der Waals surface area contributed by atoms with Gasteiger partial charge in [0.2, 0.25) is 0 Å². The van der Waals surface area contributed by atoms with Crippen LogP contribution < -0.4 is 0 Å². The highest BCUT2D eigenvalue weighted by Crippen LogP contribution is 2.43. The molecule has 0 amide bonds. The van der Waals surface area contributed by atoms with Crippen LogP contribution in [0.25, 0.3) is 0 Å². The van der Waals surface area contributed by atoms with Gasteiger partial charge in [-0.2, -0.15) is 17.0 Å². The third-order valence-corrected chi connectivity index (χ3v) is 8.98. The zero-order valence-corrected chi connectivity index (χ0v) is 17.8. The lowest BCUT2D eigenvalue weighted by Crippen LogP contribution is -2.60. The molecule has 156 valence electrons. The summed E-state index contributed by atoms with van der Waals surface area (Å²) >= 11 is 0. The molecule has 3 saturated heterocycles. The number of fused-ring (bicyclic) bond motifs is 4. The van der Waals surface area contributed by atoms with Crippen molar-refractivity contribution in [2.24, 2.45) is 5.92 Å². The highest BCUT2D eigenvalue weighted by Gasteiger charge is 2.47. The molecule has 0 spiro atoms. The summed E-state index contributed by atoms with van der Waals surface area (Å²) in [5.41, 5.74) is 2.85. The van der Waals surface area contributed by atoms with E-state index in [0.717, 1.165) is 38.8 Å². The predicted octanol–water partition coefficient (Wildman–Crippen LogP) is 2.07. The van der Waals surface area contributed by atoms with Crippen molar-refractivity contribution in [3.05, 3.63) is 35.4 Å². The molecule has 0 N–H and O–H groups in total. The number of ether oxygens (including phenoxy) is 1. The van der Waals surface area contributed by atoms with Crippen LogP contribution in [0.15, 0.2) is 24.3 Å². The molecule has 8 heteroatoms. The summed E-state index contributed by atoms with van der Waals surface area (Å²) in [6, 6.07) is 9.21. The van der Waals surface area contributed by atoms with Crippen molar-refractivity contribution in [3.63, 3.8) is 0 Å². The minimum absolute atomic E-state index is 0. The van der Waals surface area contributed by atoms with Gasteiger partial charge in [-0.25, -0.2) is 0 Å². The van der Waals surface area contributed by atoms with Gasteiger partial charge >= 0.3 is 0 Å². The fourth-order valence-corrected chi connectivity index (χ4v) is 7.43. The summed E-state index contributed by atoms with van der Waals surface area (Å²) in [4.78, 5) is 2.61. The Morgan fingerprint density at radius 3 is 2.64 bits per heavy atom. The smallest absolute Gasteiger partial charge is 0.282 e. The molecule has 0 aromatic heterocycles. The second kappa shape index (κ2) is 8.20. The maximum absolute atomic E-state index is 13.4. The molecule has 0 radical (unpaired) electrons. The third-order valence-electron chi connectivity index (χ3n) is 6.92. The molecule has 4 aliphatic rings. The lowest BCUT2D eigenvalue weighted by Gasteiger charge is -2.52. The van der Waals surface area contributed by atoms with Gasteiger partial charge in [0.1, 0.15) is 0 Å². The average molecular weight is 428 g/mol. The largest absolute Gasteiger partial charge is 0.379 e. The van der Waals surface area contributed by atoms with E-state index in [9.17, 15) is 8.42 Å². The van der Waals surface area contributed by atoms with Gasteiger partial charge in [0.05, 0.1) is 13.2 Å². The van der Waals surface area contributed by atoms with Gasteiger partial charge in [-0.3, -0.25) is 4.90 Å². The molecule has 3 atom stereocenters. The van der Waals surface area contributed by atoms with Crippen molar-refractivity contribution in [2.45, 2.75) is 37.8 Å². The molecule has 0 bridgehead atoms. The highest BCUT2D eigenvalue weighted by molar-refractivity contribution is 7.86. The van der Waals surface area contributed by atoms with Crippen molar-refractivity contribution in [1.29, 1.82) is 0 Å². The highest BCUT2D eigenvalue weighted by atomic mass is 35.5. The van der Waals surface area contributed by atoms with Crippen molar-refractivity contribution >= 4 is 22.6 Å². The predicted molar refractivity (Wildman–Crippen MR) is 111 cm³/mol. The number of morpholine rings is 1. The van der Waals surface area contributed by atoms with E-state index in [1.807, 2.05) is 4.31 Å². The minimum atomic E-state index is -3.40. The van der Waals surface area contributed by atoms with E-state index in [2.05, 4.69) is 29.2 Å². The number of benzene rings is 1. The van der Waals surface area contributed by atoms with E-state index in [4.69, 9.17) is 4.74 Å². The lowest BCUT2D eigenvalue weighted by atomic mass is 9.77. The summed E-state index contributed by atoms with van der Waals surface area (Å²) < 4.78 is 35.6. The number of halogens is 1. The minimum Gasteiger partial charge on any atom is -0.379 e. The first-order valence-corrected chi connectivity index (χ1v) is 11.7. The van der Waals surface area contributed by atoms with Gasteiger partial charge in [-0.15, -0.1) is 12.4 Å². The molecule has 4 heterocycles. The first-order valence-electron chi connectivity index (χ1n) is 10.3. The topological polar surface area (TPSA) is 53.1 Å². The van der Waals surface area contributed by atoms with Gasteiger partial charge in [-0.05, 0) is 42.7 Å². The summed E-state index contributed by atoms with van der Waals surface area (Å²) in [7, 11) is -3.40. The molecule has 5 rings (SSSR count). The Morgan fingerprint density at radius 1 is 1.04 bits per heavy atom. The van der Waals surface area contributed by atoms with Crippen LogP contribution >= 0.6 is 12.4 Å². The van der Waals surface area contributed by atoms with E-state index in [-0.39, 0.29) is 18.4 Å². The Bertz CT molecular complexity index is 800.